The lowest BCUT2D eigenvalue weighted by Crippen LogP contribution is -2.51. The number of halogens is 1. The van der Waals surface area contributed by atoms with E-state index in [0.717, 1.165) is 13.1 Å². The summed E-state index contributed by atoms with van der Waals surface area (Å²) in [5.74, 6) is 0.182. The summed E-state index contributed by atoms with van der Waals surface area (Å²) in [6.45, 7) is 2.95. The van der Waals surface area contributed by atoms with E-state index in [9.17, 15) is 4.39 Å². The first kappa shape index (κ1) is 11.8. The van der Waals surface area contributed by atoms with Crippen LogP contribution in [0, 0.1) is 5.82 Å². The van der Waals surface area contributed by atoms with Gasteiger partial charge in [-0.05, 0) is 12.8 Å². The standard InChI is InChI=1S/C12H17FN4O/c13-9-5-15-12(16-6-9)17-3-4-18-8-11(17)7-14-10-1-2-10/h5-6,10-11,14H,1-4,7-8H2. The molecule has 18 heavy (non-hydrogen) atoms. The Kier molecular flexibility index (Phi) is 3.38. The molecule has 0 radical (unpaired) electrons. The fourth-order valence-corrected chi connectivity index (χ4v) is 2.13. The molecule has 1 aliphatic heterocycles. The molecule has 2 heterocycles. The SMILES string of the molecule is Fc1cnc(N2CCOCC2CNC2CC2)nc1. The summed E-state index contributed by atoms with van der Waals surface area (Å²) >= 11 is 0. The van der Waals surface area contributed by atoms with Gasteiger partial charge in [-0.15, -0.1) is 0 Å². The first-order valence-electron chi connectivity index (χ1n) is 6.38. The highest BCUT2D eigenvalue weighted by Gasteiger charge is 2.28. The van der Waals surface area contributed by atoms with Crippen LogP contribution in [0.4, 0.5) is 10.3 Å². The molecule has 5 nitrogen and oxygen atoms in total. The lowest BCUT2D eigenvalue weighted by Gasteiger charge is -2.35. The Morgan fingerprint density at radius 3 is 2.89 bits per heavy atom. The molecule has 1 aromatic rings. The van der Waals surface area contributed by atoms with Crippen LogP contribution < -0.4 is 10.2 Å². The molecule has 1 unspecified atom stereocenters. The molecule has 1 aromatic heterocycles. The van der Waals surface area contributed by atoms with Crippen molar-refractivity contribution in [3.63, 3.8) is 0 Å². The maximum atomic E-state index is 12.8. The highest BCUT2D eigenvalue weighted by Crippen LogP contribution is 2.20. The van der Waals surface area contributed by atoms with E-state index in [4.69, 9.17) is 4.74 Å². The molecule has 0 bridgehead atoms. The molecule has 0 amide bonds. The average molecular weight is 252 g/mol. The molecule has 3 rings (SSSR count). The average Bonchev–Trinajstić information content (AvgIpc) is 3.22. The number of anilines is 1. The molecule has 1 N–H and O–H groups in total. The molecule has 2 aliphatic rings. The Morgan fingerprint density at radius 1 is 1.39 bits per heavy atom. The summed E-state index contributed by atoms with van der Waals surface area (Å²) in [5.41, 5.74) is 0. The molecule has 2 fully saturated rings. The van der Waals surface area contributed by atoms with Crippen molar-refractivity contribution >= 4 is 5.95 Å². The Hall–Kier alpha value is -1.27. The van der Waals surface area contributed by atoms with Crippen LogP contribution in [0.1, 0.15) is 12.8 Å². The third kappa shape index (κ3) is 2.76. The van der Waals surface area contributed by atoms with E-state index in [1.54, 1.807) is 0 Å². The normalized spacial score (nSPS) is 24.3. The zero-order valence-electron chi connectivity index (χ0n) is 10.2. The van der Waals surface area contributed by atoms with Gasteiger partial charge in [0.25, 0.3) is 0 Å². The second kappa shape index (κ2) is 5.16. The fourth-order valence-electron chi connectivity index (χ4n) is 2.13. The van der Waals surface area contributed by atoms with Crippen molar-refractivity contribution in [3.8, 4) is 0 Å². The number of hydrogen-bond donors (Lipinski definition) is 1. The predicted molar refractivity (Wildman–Crippen MR) is 65.0 cm³/mol. The molecule has 1 aliphatic carbocycles. The second-order valence-corrected chi connectivity index (χ2v) is 4.81. The topological polar surface area (TPSA) is 50.3 Å². The molecule has 1 saturated carbocycles. The maximum Gasteiger partial charge on any atom is 0.225 e. The minimum absolute atomic E-state index is 0.227. The molecule has 0 spiro atoms. The second-order valence-electron chi connectivity index (χ2n) is 4.81. The summed E-state index contributed by atoms with van der Waals surface area (Å²) in [5, 5.41) is 3.49. The Balaban J connectivity index is 1.67. The Bertz CT molecular complexity index is 396. The molecule has 1 atom stereocenters. The Morgan fingerprint density at radius 2 is 2.17 bits per heavy atom. The fraction of sp³-hybridized carbons (Fsp3) is 0.667. The molecule has 6 heteroatoms. The minimum Gasteiger partial charge on any atom is -0.377 e. The van der Waals surface area contributed by atoms with Crippen molar-refractivity contribution in [2.75, 3.05) is 31.2 Å². The third-order valence-electron chi connectivity index (χ3n) is 3.31. The van der Waals surface area contributed by atoms with Gasteiger partial charge in [0.15, 0.2) is 5.82 Å². The largest absolute Gasteiger partial charge is 0.377 e. The first-order valence-corrected chi connectivity index (χ1v) is 6.38. The van der Waals surface area contributed by atoms with E-state index in [1.165, 1.54) is 25.2 Å². The number of aromatic nitrogens is 2. The van der Waals surface area contributed by atoms with Crippen LogP contribution in [0.3, 0.4) is 0 Å². The summed E-state index contributed by atoms with van der Waals surface area (Å²) in [4.78, 5) is 10.2. The minimum atomic E-state index is -0.403. The van der Waals surface area contributed by atoms with E-state index in [1.807, 2.05) is 0 Å². The van der Waals surface area contributed by atoms with Gasteiger partial charge in [-0.1, -0.05) is 0 Å². The summed E-state index contributed by atoms with van der Waals surface area (Å²) in [6, 6.07) is 0.896. The van der Waals surface area contributed by atoms with Crippen molar-refractivity contribution in [1.82, 2.24) is 15.3 Å². The third-order valence-corrected chi connectivity index (χ3v) is 3.31. The summed E-state index contributed by atoms with van der Waals surface area (Å²) in [7, 11) is 0. The van der Waals surface area contributed by atoms with E-state index in [-0.39, 0.29) is 6.04 Å². The van der Waals surface area contributed by atoms with E-state index in [0.29, 0.717) is 25.2 Å². The lowest BCUT2D eigenvalue weighted by molar-refractivity contribution is 0.0927. The highest BCUT2D eigenvalue weighted by atomic mass is 19.1. The van der Waals surface area contributed by atoms with Crippen molar-refractivity contribution in [2.24, 2.45) is 0 Å². The van der Waals surface area contributed by atoms with Crippen LogP contribution >= 0.6 is 0 Å². The van der Waals surface area contributed by atoms with Crippen molar-refractivity contribution in [3.05, 3.63) is 18.2 Å². The number of ether oxygens (including phenoxy) is 1. The molecule has 98 valence electrons. The van der Waals surface area contributed by atoms with Gasteiger partial charge in [0.05, 0.1) is 31.6 Å². The van der Waals surface area contributed by atoms with Gasteiger partial charge < -0.3 is 15.0 Å². The molecule has 1 saturated heterocycles. The van der Waals surface area contributed by atoms with Crippen LogP contribution in [-0.4, -0.2) is 48.4 Å². The molecular formula is C12H17FN4O. The number of morpholine rings is 1. The summed E-state index contributed by atoms with van der Waals surface area (Å²) < 4.78 is 18.3. The first-order chi connectivity index (χ1) is 8.83. The van der Waals surface area contributed by atoms with Gasteiger partial charge in [-0.25, -0.2) is 14.4 Å². The monoisotopic (exact) mass is 252 g/mol. The van der Waals surface area contributed by atoms with Gasteiger partial charge >= 0.3 is 0 Å². The Labute approximate surface area is 105 Å². The quantitative estimate of drug-likeness (QED) is 0.849. The number of nitrogens with zero attached hydrogens (tertiary/aromatic N) is 3. The smallest absolute Gasteiger partial charge is 0.225 e. The summed E-state index contributed by atoms with van der Waals surface area (Å²) in [6.07, 6.45) is 4.95. The van der Waals surface area contributed by atoms with E-state index >= 15 is 0 Å². The molecule has 0 aromatic carbocycles. The number of nitrogens with one attached hydrogen (secondary N) is 1. The lowest BCUT2D eigenvalue weighted by atomic mass is 10.2. The molecular weight excluding hydrogens is 235 g/mol. The van der Waals surface area contributed by atoms with Gasteiger partial charge in [-0.2, -0.15) is 0 Å². The van der Waals surface area contributed by atoms with Crippen molar-refractivity contribution in [2.45, 2.75) is 24.9 Å². The van der Waals surface area contributed by atoms with E-state index in [2.05, 4.69) is 20.2 Å². The van der Waals surface area contributed by atoms with Gasteiger partial charge in [-0.3, -0.25) is 0 Å². The van der Waals surface area contributed by atoms with Crippen LogP contribution in [0.2, 0.25) is 0 Å². The van der Waals surface area contributed by atoms with Crippen molar-refractivity contribution in [1.29, 1.82) is 0 Å². The van der Waals surface area contributed by atoms with Crippen LogP contribution in [0.15, 0.2) is 12.4 Å². The van der Waals surface area contributed by atoms with Gasteiger partial charge in [0, 0.05) is 19.1 Å². The highest BCUT2D eigenvalue weighted by molar-refractivity contribution is 5.31. The van der Waals surface area contributed by atoms with Gasteiger partial charge in [0.1, 0.15) is 0 Å². The van der Waals surface area contributed by atoms with Crippen molar-refractivity contribution < 1.29 is 9.13 Å². The zero-order chi connectivity index (χ0) is 12.4. The zero-order valence-corrected chi connectivity index (χ0v) is 10.2. The van der Waals surface area contributed by atoms with Gasteiger partial charge in [0.2, 0.25) is 5.95 Å². The number of hydrogen-bond acceptors (Lipinski definition) is 5. The van der Waals surface area contributed by atoms with Crippen LogP contribution in [0.5, 0.6) is 0 Å². The van der Waals surface area contributed by atoms with E-state index < -0.39 is 5.82 Å². The van der Waals surface area contributed by atoms with Crippen LogP contribution in [-0.2, 0) is 4.74 Å². The maximum absolute atomic E-state index is 12.8. The van der Waals surface area contributed by atoms with Crippen LogP contribution in [0.25, 0.3) is 0 Å². The number of rotatable bonds is 4. The predicted octanol–water partition coefficient (Wildman–Crippen LogP) is 0.573.